The molecule has 0 saturated carbocycles. The Kier molecular flexibility index (Phi) is 294. The third kappa shape index (κ3) is 3120. The monoisotopic (exact) mass is 771 g/mol. The van der Waals surface area contributed by atoms with Gasteiger partial charge < -0.3 is 0 Å². The Bertz CT molecular complexity index is 691. The van der Waals surface area contributed by atoms with Crippen molar-refractivity contribution in [2.45, 2.75) is 172 Å². The highest BCUT2D eigenvalue weighted by Gasteiger charge is 1.67. The highest BCUT2D eigenvalue weighted by atomic mass is 13.7. The first-order valence-corrected chi connectivity index (χ1v) is 19.2. The summed E-state index contributed by atoms with van der Waals surface area (Å²) in [5, 5.41) is 0. The van der Waals surface area contributed by atoms with Crippen molar-refractivity contribution in [2.75, 3.05) is 0 Å². The summed E-state index contributed by atoms with van der Waals surface area (Å²) >= 11 is 0. The summed E-state index contributed by atoms with van der Waals surface area (Å²) < 4.78 is 0. The summed E-state index contributed by atoms with van der Waals surface area (Å²) in [5.41, 5.74) is 7.67. The van der Waals surface area contributed by atoms with Gasteiger partial charge in [-0.1, -0.05) is 114 Å². The van der Waals surface area contributed by atoms with Gasteiger partial charge in [-0.3, -0.25) is 0 Å². The zero-order valence-electron chi connectivity index (χ0n) is 43.0. The van der Waals surface area contributed by atoms with Gasteiger partial charge >= 0.3 is 0 Å². The third-order valence-electron chi connectivity index (χ3n) is 2.72. The van der Waals surface area contributed by atoms with Gasteiger partial charge in [0.15, 0.2) is 0 Å². The fraction of sp³-hybridized carbons (Fsp3) is 0.455. The van der Waals surface area contributed by atoms with E-state index >= 15 is 0 Å². The van der Waals surface area contributed by atoms with Crippen molar-refractivity contribution >= 4 is 0 Å². The molecule has 0 heteroatoms. The van der Waals surface area contributed by atoms with Crippen molar-refractivity contribution in [1.29, 1.82) is 0 Å². The molecule has 0 aromatic heterocycles. The lowest BCUT2D eigenvalue weighted by molar-refractivity contribution is 1.18. The smallest absolute Gasteiger partial charge is 0.0377 e. The largest absolute Gasteiger partial charge is 0.106 e. The molecule has 0 fully saturated rings. The molecule has 0 aliphatic rings. The molecule has 0 radical (unpaired) electrons. The van der Waals surface area contributed by atoms with Crippen LogP contribution >= 0.6 is 0 Å². The molecule has 0 amide bonds. The van der Waals surface area contributed by atoms with E-state index in [-0.39, 0.29) is 0 Å². The molecule has 0 aromatic carbocycles. The van der Waals surface area contributed by atoms with Gasteiger partial charge in [0.05, 0.1) is 0 Å². The molecule has 0 aliphatic carbocycles. The zero-order valence-corrected chi connectivity index (χ0v) is 43.0. The highest BCUT2D eigenvalue weighted by Crippen LogP contribution is 1.89. The van der Waals surface area contributed by atoms with E-state index in [9.17, 15) is 0 Å². The van der Waals surface area contributed by atoms with Crippen LogP contribution in [0.15, 0.2) is 186 Å². The van der Waals surface area contributed by atoms with Crippen LogP contribution in [0.3, 0.4) is 0 Å². The average molecular weight is 771 g/mol. The molecule has 0 unspecified atom stereocenters. The molecular weight excluding hydrogens is 661 g/mol. The standard InChI is InChI=1S/C6H12.2C5H10.6C4H8.3C3H6.3C2H4/c1-4-5-6(2)3;2*1-4-5(2)3;3*1-4(2)3;3*1-3-4-2;3*1-3-2;3*1-2/h5H,4H2,1-3H3;2*4H,1-3H3;3*1H2,2-3H3;2*3-4H,1-2H3;3H,1,4H2,2H3;3*3H,1H2,2H3;3*1-2H2/b;;;;;;2*4-3+;;;;;;;. The normalized spacial score (nSPS) is 6.31. The number of hydrogen-bond donors (Lipinski definition) is 0. The van der Waals surface area contributed by atoms with E-state index in [0.717, 1.165) is 6.42 Å². The lowest BCUT2D eigenvalue weighted by Crippen LogP contribution is -1.58. The Balaban J connectivity index is -0.0000000242. The molecule has 0 saturated heterocycles. The minimum atomic E-state index is 1.08. The van der Waals surface area contributed by atoms with Crippen molar-refractivity contribution in [3.63, 3.8) is 0 Å². The SMILES string of the molecule is C/C=C/C.C/C=C/C.C=C.C=C.C=C.C=C(C)C.C=C(C)C.C=C(C)C.C=CC.C=CC.C=CC.C=CCC.CC=C(C)C.CC=C(C)C.CCC=C(C)C. The lowest BCUT2D eigenvalue weighted by atomic mass is 10.3. The lowest BCUT2D eigenvalue weighted by Gasteiger charge is -1.80. The molecule has 0 heterocycles. The van der Waals surface area contributed by atoms with Gasteiger partial charge in [0.2, 0.25) is 0 Å². The van der Waals surface area contributed by atoms with E-state index in [0.29, 0.717) is 0 Å². The predicted molar refractivity (Wildman–Crippen MR) is 284 cm³/mol. The van der Waals surface area contributed by atoms with Crippen molar-refractivity contribution < 1.29 is 0 Å². The molecule has 0 rings (SSSR count). The van der Waals surface area contributed by atoms with Gasteiger partial charge in [0.25, 0.3) is 0 Å². The molecule has 0 N–H and O–H groups in total. The molecule has 0 nitrogen and oxygen atoms in total. The minimum Gasteiger partial charge on any atom is -0.106 e. The third-order valence-corrected chi connectivity index (χ3v) is 2.72. The molecule has 330 valence electrons. The molecule has 0 bridgehead atoms. The molecule has 0 aliphatic heterocycles. The Morgan fingerprint density at radius 1 is 0.345 bits per heavy atom. The van der Waals surface area contributed by atoms with E-state index in [1.807, 2.05) is 134 Å². The van der Waals surface area contributed by atoms with Gasteiger partial charge in [-0.2, -0.15) is 0 Å². The van der Waals surface area contributed by atoms with E-state index in [1.165, 1.54) is 39.9 Å². The summed E-state index contributed by atoms with van der Waals surface area (Å²) in [6.45, 7) is 88.6. The van der Waals surface area contributed by atoms with Crippen molar-refractivity contribution in [3.8, 4) is 0 Å². The van der Waals surface area contributed by atoms with Crippen molar-refractivity contribution in [2.24, 2.45) is 0 Å². The van der Waals surface area contributed by atoms with Gasteiger partial charge in [0, 0.05) is 0 Å². The fourth-order valence-corrected chi connectivity index (χ4v) is 0.408. The fourth-order valence-electron chi connectivity index (χ4n) is 0.408. The first-order valence-electron chi connectivity index (χ1n) is 19.2. The first-order chi connectivity index (χ1) is 25.5. The quantitative estimate of drug-likeness (QED) is 0.245. The number of allylic oxidation sites excluding steroid dienone is 17. The van der Waals surface area contributed by atoms with Gasteiger partial charge in [-0.15, -0.1) is 85.5 Å². The predicted octanol–water partition coefficient (Wildman–Crippen LogP) is 21.8. The Labute approximate surface area is 356 Å². The molecule has 55 heavy (non-hydrogen) atoms. The molecule has 0 spiro atoms. The second-order valence-corrected chi connectivity index (χ2v) is 11.3. The van der Waals surface area contributed by atoms with Crippen LogP contribution in [0.5, 0.6) is 0 Å². The Hall–Kier alpha value is -3.90. The van der Waals surface area contributed by atoms with Gasteiger partial charge in [0.1, 0.15) is 0 Å². The van der Waals surface area contributed by atoms with Crippen LogP contribution in [0.4, 0.5) is 0 Å². The minimum absolute atomic E-state index is 1.08. The van der Waals surface area contributed by atoms with Gasteiger partial charge in [-0.05, 0) is 158 Å². The number of hydrogen-bond acceptors (Lipinski definition) is 0. The summed E-state index contributed by atoms with van der Waals surface area (Å²) in [7, 11) is 0. The highest BCUT2D eigenvalue weighted by molar-refractivity contribution is 4.91. The van der Waals surface area contributed by atoms with Crippen LogP contribution in [0.1, 0.15) is 172 Å². The van der Waals surface area contributed by atoms with Crippen LogP contribution in [-0.2, 0) is 0 Å². The van der Waals surface area contributed by atoms with E-state index < -0.39 is 0 Å². The zero-order chi connectivity index (χ0) is 48.7. The summed E-state index contributed by atoms with van der Waals surface area (Å²) in [5.74, 6) is 0. The summed E-state index contributed by atoms with van der Waals surface area (Å²) in [6, 6.07) is 0. The maximum Gasteiger partial charge on any atom is -0.0377 e. The second-order valence-electron chi connectivity index (χ2n) is 11.3. The topological polar surface area (TPSA) is 0 Å². The molecule has 0 atom stereocenters. The van der Waals surface area contributed by atoms with E-state index in [1.54, 1.807) is 18.2 Å². The Morgan fingerprint density at radius 3 is 0.455 bits per heavy atom. The average Bonchev–Trinajstić information content (AvgIpc) is 3.12. The van der Waals surface area contributed by atoms with E-state index in [2.05, 4.69) is 159 Å². The summed E-state index contributed by atoms with van der Waals surface area (Å²) in [6.07, 6.45) is 23.8. The number of rotatable bonds is 2. The van der Waals surface area contributed by atoms with Gasteiger partial charge in [-0.25, -0.2) is 0 Å². The van der Waals surface area contributed by atoms with Crippen LogP contribution in [0, 0.1) is 0 Å². The van der Waals surface area contributed by atoms with Crippen LogP contribution in [-0.4, -0.2) is 0 Å². The maximum absolute atomic E-state index is 3.56. The maximum atomic E-state index is 3.56. The van der Waals surface area contributed by atoms with E-state index in [4.69, 9.17) is 0 Å². The van der Waals surface area contributed by atoms with Crippen molar-refractivity contribution in [1.82, 2.24) is 0 Å². The van der Waals surface area contributed by atoms with Crippen LogP contribution in [0.2, 0.25) is 0 Å². The Morgan fingerprint density at radius 2 is 0.455 bits per heavy atom. The second kappa shape index (κ2) is 164. The van der Waals surface area contributed by atoms with Crippen LogP contribution in [0.25, 0.3) is 0 Å². The summed E-state index contributed by atoms with van der Waals surface area (Å²) in [4.78, 5) is 0. The molecule has 0 aromatic rings. The molecular formula is C55H110. The van der Waals surface area contributed by atoms with Crippen molar-refractivity contribution in [3.05, 3.63) is 186 Å². The van der Waals surface area contributed by atoms with Crippen LogP contribution < -0.4 is 0 Å². The first kappa shape index (κ1) is 98.4.